The first-order valence-corrected chi connectivity index (χ1v) is 7.79. The third-order valence-electron chi connectivity index (χ3n) is 4.99. The Bertz CT molecular complexity index is 517. The summed E-state index contributed by atoms with van der Waals surface area (Å²) in [6.45, 7) is 2.35. The summed E-state index contributed by atoms with van der Waals surface area (Å²) in [4.78, 5) is 2.52. The first kappa shape index (κ1) is 12.2. The fourth-order valence-electron chi connectivity index (χ4n) is 4.10. The Labute approximate surface area is 119 Å². The van der Waals surface area contributed by atoms with Gasteiger partial charge in [-0.3, -0.25) is 0 Å². The van der Waals surface area contributed by atoms with Gasteiger partial charge >= 0.3 is 0 Å². The van der Waals surface area contributed by atoms with Gasteiger partial charge in [0.15, 0.2) is 11.5 Å². The van der Waals surface area contributed by atoms with E-state index in [1.54, 1.807) is 0 Å². The van der Waals surface area contributed by atoms with Crippen LogP contribution < -0.4 is 20.1 Å². The molecule has 1 aromatic carbocycles. The Morgan fingerprint density at radius 3 is 2.60 bits per heavy atom. The van der Waals surface area contributed by atoms with E-state index in [1.807, 2.05) is 6.07 Å². The second kappa shape index (κ2) is 4.76. The summed E-state index contributed by atoms with van der Waals surface area (Å²) in [7, 11) is 0. The van der Waals surface area contributed by atoms with E-state index in [-0.39, 0.29) is 0 Å². The van der Waals surface area contributed by atoms with Crippen molar-refractivity contribution in [3.63, 3.8) is 0 Å². The quantitative estimate of drug-likeness (QED) is 0.800. The van der Waals surface area contributed by atoms with Crippen LogP contribution in [-0.4, -0.2) is 25.8 Å². The Balaban J connectivity index is 1.70. The zero-order valence-corrected chi connectivity index (χ0v) is 11.8. The number of nitrogen functional groups attached to an aromatic ring is 1. The van der Waals surface area contributed by atoms with Gasteiger partial charge in [-0.1, -0.05) is 6.42 Å². The number of benzene rings is 1. The molecule has 2 atom stereocenters. The fourth-order valence-corrected chi connectivity index (χ4v) is 4.10. The molecule has 2 heterocycles. The molecular formula is C16H22N2O2. The molecule has 2 fully saturated rings. The number of piperidine rings is 1. The van der Waals surface area contributed by atoms with Gasteiger partial charge in [-0.25, -0.2) is 0 Å². The maximum atomic E-state index is 6.28. The lowest BCUT2D eigenvalue weighted by molar-refractivity contribution is 0.171. The number of hydrogen-bond donors (Lipinski definition) is 1. The minimum atomic E-state index is 0.611. The molecule has 20 heavy (non-hydrogen) atoms. The standard InChI is InChI=1S/C16H22N2O2/c17-12-9-15-16(20-8-7-19-15)10-14(12)18-6-2-4-11-3-1-5-13(11)18/h9-11,13H,1-8,17H2. The van der Waals surface area contributed by atoms with Crippen LogP contribution in [0.5, 0.6) is 11.5 Å². The summed E-state index contributed by atoms with van der Waals surface area (Å²) >= 11 is 0. The highest BCUT2D eigenvalue weighted by Crippen LogP contribution is 2.44. The van der Waals surface area contributed by atoms with Crippen molar-refractivity contribution in [2.75, 3.05) is 30.4 Å². The number of ether oxygens (including phenoxy) is 2. The topological polar surface area (TPSA) is 47.7 Å². The Hall–Kier alpha value is -1.58. The van der Waals surface area contributed by atoms with Crippen LogP contribution in [0.25, 0.3) is 0 Å². The maximum Gasteiger partial charge on any atom is 0.163 e. The van der Waals surface area contributed by atoms with Crippen molar-refractivity contribution in [3.8, 4) is 11.5 Å². The average Bonchev–Trinajstić information content (AvgIpc) is 2.95. The van der Waals surface area contributed by atoms with Gasteiger partial charge in [0.2, 0.25) is 0 Å². The lowest BCUT2D eigenvalue weighted by atomic mass is 9.91. The largest absolute Gasteiger partial charge is 0.486 e. The normalized spacial score (nSPS) is 28.3. The average molecular weight is 274 g/mol. The number of nitrogens with zero attached hydrogens (tertiary/aromatic N) is 1. The van der Waals surface area contributed by atoms with Gasteiger partial charge in [-0.05, 0) is 31.6 Å². The van der Waals surface area contributed by atoms with Crippen LogP contribution in [0.1, 0.15) is 32.1 Å². The van der Waals surface area contributed by atoms with E-state index < -0.39 is 0 Å². The third-order valence-corrected chi connectivity index (χ3v) is 4.99. The van der Waals surface area contributed by atoms with E-state index in [2.05, 4.69) is 11.0 Å². The Kier molecular flexibility index (Phi) is 2.90. The molecule has 1 saturated heterocycles. The predicted octanol–water partition coefficient (Wildman–Crippen LogP) is 2.81. The number of hydrogen-bond acceptors (Lipinski definition) is 4. The van der Waals surface area contributed by atoms with E-state index >= 15 is 0 Å². The number of nitrogens with two attached hydrogens (primary N) is 1. The van der Waals surface area contributed by atoms with Gasteiger partial charge in [-0.2, -0.15) is 0 Å². The highest BCUT2D eigenvalue weighted by molar-refractivity contribution is 5.74. The Morgan fingerprint density at radius 2 is 1.75 bits per heavy atom. The van der Waals surface area contributed by atoms with Crippen molar-refractivity contribution in [3.05, 3.63) is 12.1 Å². The second-order valence-corrected chi connectivity index (χ2v) is 6.15. The molecule has 4 rings (SSSR count). The van der Waals surface area contributed by atoms with E-state index in [4.69, 9.17) is 15.2 Å². The monoisotopic (exact) mass is 274 g/mol. The number of rotatable bonds is 1. The summed E-state index contributed by atoms with van der Waals surface area (Å²) in [6.07, 6.45) is 6.70. The molecular weight excluding hydrogens is 252 g/mol. The first-order chi connectivity index (χ1) is 9.83. The third kappa shape index (κ3) is 1.89. The van der Waals surface area contributed by atoms with Crippen molar-refractivity contribution in [1.82, 2.24) is 0 Å². The second-order valence-electron chi connectivity index (χ2n) is 6.15. The van der Waals surface area contributed by atoms with Crippen molar-refractivity contribution in [2.24, 2.45) is 5.92 Å². The molecule has 0 bridgehead atoms. The molecule has 1 saturated carbocycles. The van der Waals surface area contributed by atoms with Crippen LogP contribution in [-0.2, 0) is 0 Å². The molecule has 0 radical (unpaired) electrons. The van der Waals surface area contributed by atoms with Crippen LogP contribution in [0.4, 0.5) is 11.4 Å². The molecule has 3 aliphatic rings. The maximum absolute atomic E-state index is 6.28. The molecule has 4 heteroatoms. The minimum absolute atomic E-state index is 0.611. The molecule has 2 unspecified atom stereocenters. The molecule has 2 aliphatic heterocycles. The molecule has 0 amide bonds. The van der Waals surface area contributed by atoms with E-state index in [0.29, 0.717) is 19.3 Å². The van der Waals surface area contributed by atoms with Gasteiger partial charge < -0.3 is 20.1 Å². The van der Waals surface area contributed by atoms with Gasteiger partial charge in [0.1, 0.15) is 13.2 Å². The van der Waals surface area contributed by atoms with Crippen LogP contribution in [0, 0.1) is 5.92 Å². The smallest absolute Gasteiger partial charge is 0.163 e. The van der Waals surface area contributed by atoms with Crippen LogP contribution >= 0.6 is 0 Å². The highest BCUT2D eigenvalue weighted by atomic mass is 16.6. The summed E-state index contributed by atoms with van der Waals surface area (Å²) in [5, 5.41) is 0. The molecule has 4 nitrogen and oxygen atoms in total. The van der Waals surface area contributed by atoms with E-state index in [1.165, 1.54) is 32.1 Å². The first-order valence-electron chi connectivity index (χ1n) is 7.79. The lowest BCUT2D eigenvalue weighted by Crippen LogP contribution is -2.43. The van der Waals surface area contributed by atoms with Gasteiger partial charge in [0, 0.05) is 24.7 Å². The van der Waals surface area contributed by atoms with Gasteiger partial charge in [0.25, 0.3) is 0 Å². The summed E-state index contributed by atoms with van der Waals surface area (Å²) in [6, 6.07) is 4.70. The SMILES string of the molecule is Nc1cc2c(cc1N1CCCC3CCCC31)OCCO2. The van der Waals surface area contributed by atoms with Crippen molar-refractivity contribution in [2.45, 2.75) is 38.1 Å². The summed E-state index contributed by atoms with van der Waals surface area (Å²) in [5.41, 5.74) is 8.25. The van der Waals surface area contributed by atoms with Crippen LogP contribution in [0.3, 0.4) is 0 Å². The predicted molar refractivity (Wildman–Crippen MR) is 79.6 cm³/mol. The number of anilines is 2. The zero-order valence-electron chi connectivity index (χ0n) is 11.8. The molecule has 108 valence electrons. The van der Waals surface area contributed by atoms with Gasteiger partial charge in [-0.15, -0.1) is 0 Å². The Morgan fingerprint density at radius 1 is 1.00 bits per heavy atom. The highest BCUT2D eigenvalue weighted by Gasteiger charge is 2.36. The molecule has 0 aromatic heterocycles. The minimum Gasteiger partial charge on any atom is -0.486 e. The van der Waals surface area contributed by atoms with Crippen LogP contribution in [0.2, 0.25) is 0 Å². The van der Waals surface area contributed by atoms with Crippen molar-refractivity contribution in [1.29, 1.82) is 0 Å². The van der Waals surface area contributed by atoms with Crippen molar-refractivity contribution < 1.29 is 9.47 Å². The summed E-state index contributed by atoms with van der Waals surface area (Å²) in [5.74, 6) is 2.49. The molecule has 1 aromatic rings. The van der Waals surface area contributed by atoms with Crippen LogP contribution in [0.15, 0.2) is 12.1 Å². The van der Waals surface area contributed by atoms with Crippen molar-refractivity contribution >= 4 is 11.4 Å². The lowest BCUT2D eigenvalue weighted by Gasteiger charge is -2.40. The fraction of sp³-hybridized carbons (Fsp3) is 0.625. The van der Waals surface area contributed by atoms with Gasteiger partial charge in [0.05, 0.1) is 11.4 Å². The molecule has 0 spiro atoms. The molecule has 1 aliphatic carbocycles. The summed E-state index contributed by atoms with van der Waals surface area (Å²) < 4.78 is 11.3. The zero-order chi connectivity index (χ0) is 13.5. The van der Waals surface area contributed by atoms with E-state index in [0.717, 1.165) is 35.3 Å². The molecule has 2 N–H and O–H groups in total. The van der Waals surface area contributed by atoms with E-state index in [9.17, 15) is 0 Å². The number of fused-ring (bicyclic) bond motifs is 2.